The van der Waals surface area contributed by atoms with E-state index in [0.717, 1.165) is 4.90 Å². The normalized spacial score (nSPS) is 12.1. The Morgan fingerprint density at radius 3 is 1.73 bits per heavy atom. The number of para-hydroxylation sites is 1. The van der Waals surface area contributed by atoms with Crippen LogP contribution in [-0.2, 0) is 0 Å². The van der Waals surface area contributed by atoms with Crippen LogP contribution in [0.3, 0.4) is 0 Å². The van der Waals surface area contributed by atoms with Gasteiger partial charge in [-0.05, 0) is 68.4 Å². The van der Waals surface area contributed by atoms with Gasteiger partial charge in [-0.1, -0.05) is 36.4 Å². The molecular weight excluding hydrogens is 522 g/mol. The summed E-state index contributed by atoms with van der Waals surface area (Å²) in [6.45, 7) is 2.84. The molecule has 0 saturated heterocycles. The van der Waals surface area contributed by atoms with Crippen LogP contribution >= 0.6 is 0 Å². The summed E-state index contributed by atoms with van der Waals surface area (Å²) < 4.78 is 0. The molecule has 2 N–H and O–H groups in total. The molecule has 1 aliphatic rings. The molecular formula is C32H23N3O6. The Hall–Kier alpha value is -5.70. The lowest BCUT2D eigenvalue weighted by molar-refractivity contribution is 0.0923. The minimum Gasteiger partial charge on any atom is -0.322 e. The lowest BCUT2D eigenvalue weighted by Crippen LogP contribution is -2.31. The van der Waals surface area contributed by atoms with Crippen LogP contribution < -0.4 is 15.5 Å². The first-order chi connectivity index (χ1) is 19.6. The fourth-order valence-electron chi connectivity index (χ4n) is 4.50. The van der Waals surface area contributed by atoms with Gasteiger partial charge in [0.25, 0.3) is 23.6 Å². The molecule has 41 heavy (non-hydrogen) atoms. The van der Waals surface area contributed by atoms with Crippen molar-refractivity contribution in [1.29, 1.82) is 0 Å². The Morgan fingerprint density at radius 1 is 0.561 bits per heavy atom. The van der Waals surface area contributed by atoms with Crippen LogP contribution in [0.1, 0.15) is 76.0 Å². The molecule has 0 fully saturated rings. The third-order valence-electron chi connectivity index (χ3n) is 6.59. The summed E-state index contributed by atoms with van der Waals surface area (Å²) in [7, 11) is 0. The zero-order chi connectivity index (χ0) is 29.3. The summed E-state index contributed by atoms with van der Waals surface area (Å²) in [6.07, 6.45) is 0. The maximum atomic E-state index is 13.5. The van der Waals surface area contributed by atoms with E-state index in [0.29, 0.717) is 22.5 Å². The molecule has 0 aliphatic carbocycles. The number of amides is 4. The van der Waals surface area contributed by atoms with Gasteiger partial charge >= 0.3 is 0 Å². The van der Waals surface area contributed by atoms with Crippen molar-refractivity contribution in [1.82, 2.24) is 0 Å². The van der Waals surface area contributed by atoms with Crippen LogP contribution in [0.5, 0.6) is 0 Å². The topological polar surface area (TPSA) is 130 Å². The van der Waals surface area contributed by atoms with Gasteiger partial charge in [0, 0.05) is 28.1 Å². The summed E-state index contributed by atoms with van der Waals surface area (Å²) in [4.78, 5) is 77.3. The minimum atomic E-state index is -0.683. The molecule has 0 spiro atoms. The standard InChI is InChI=1S/C32H23N3O6/c1-18(36)20-7-5-9-23(15-20)33-29(38)22-13-14-25-27(17-22)32(41)35(31(25)40)28-12-4-3-11-26(28)30(39)34-24-10-6-8-21(16-24)19(2)37/h3-17H,1-2H3,(H,33,38)(H,34,39). The van der Waals surface area contributed by atoms with E-state index in [-0.39, 0.29) is 39.5 Å². The summed E-state index contributed by atoms with van der Waals surface area (Å²) in [6, 6.07) is 23.2. The molecule has 0 bridgehead atoms. The first-order valence-electron chi connectivity index (χ1n) is 12.6. The highest BCUT2D eigenvalue weighted by molar-refractivity contribution is 6.36. The van der Waals surface area contributed by atoms with E-state index in [4.69, 9.17) is 0 Å². The van der Waals surface area contributed by atoms with E-state index in [1.54, 1.807) is 54.6 Å². The van der Waals surface area contributed by atoms with Crippen molar-refractivity contribution in [2.45, 2.75) is 13.8 Å². The summed E-state index contributed by atoms with van der Waals surface area (Å²) in [5.41, 5.74) is 2.02. The number of hydrogen-bond donors (Lipinski definition) is 2. The van der Waals surface area contributed by atoms with Gasteiger partial charge < -0.3 is 10.6 Å². The number of imide groups is 1. The fourth-order valence-corrected chi connectivity index (χ4v) is 4.50. The van der Waals surface area contributed by atoms with Crippen molar-refractivity contribution in [3.63, 3.8) is 0 Å². The molecule has 5 rings (SSSR count). The monoisotopic (exact) mass is 545 g/mol. The molecule has 9 heteroatoms. The molecule has 4 amide bonds. The summed E-state index contributed by atoms with van der Waals surface area (Å²) in [5, 5.41) is 5.41. The van der Waals surface area contributed by atoms with Crippen LogP contribution in [0.4, 0.5) is 17.1 Å². The molecule has 4 aromatic carbocycles. The maximum Gasteiger partial charge on any atom is 0.266 e. The maximum absolute atomic E-state index is 13.5. The van der Waals surface area contributed by atoms with Crippen LogP contribution in [0, 0.1) is 0 Å². The second-order valence-corrected chi connectivity index (χ2v) is 9.41. The Morgan fingerprint density at radius 2 is 1.12 bits per heavy atom. The highest BCUT2D eigenvalue weighted by Gasteiger charge is 2.38. The highest BCUT2D eigenvalue weighted by Crippen LogP contribution is 2.32. The quantitative estimate of drug-likeness (QED) is 0.236. The fraction of sp³-hybridized carbons (Fsp3) is 0.0625. The summed E-state index contributed by atoms with van der Waals surface area (Å²) in [5.74, 6) is -2.74. The van der Waals surface area contributed by atoms with Gasteiger partial charge in [0.15, 0.2) is 11.6 Å². The number of ketones is 2. The number of Topliss-reactive ketones (excluding diaryl/α,β-unsaturated/α-hetero) is 2. The van der Waals surface area contributed by atoms with E-state index in [9.17, 15) is 28.8 Å². The van der Waals surface area contributed by atoms with Crippen molar-refractivity contribution in [3.05, 3.63) is 124 Å². The third-order valence-corrected chi connectivity index (χ3v) is 6.59. The number of nitrogens with one attached hydrogen (secondary N) is 2. The third kappa shape index (κ3) is 5.28. The number of rotatable bonds is 7. The number of nitrogens with zero attached hydrogens (tertiary/aromatic N) is 1. The van der Waals surface area contributed by atoms with Crippen molar-refractivity contribution in [2.24, 2.45) is 0 Å². The lowest BCUT2D eigenvalue weighted by atomic mass is 10.0. The van der Waals surface area contributed by atoms with Crippen molar-refractivity contribution < 1.29 is 28.8 Å². The second kappa shape index (κ2) is 10.8. The Labute approximate surface area is 234 Å². The number of carbonyl (C=O) groups is 6. The Bertz CT molecular complexity index is 1790. The lowest BCUT2D eigenvalue weighted by Gasteiger charge is -2.18. The first-order valence-corrected chi connectivity index (χ1v) is 12.6. The number of hydrogen-bond acceptors (Lipinski definition) is 6. The van der Waals surface area contributed by atoms with Crippen LogP contribution in [0.15, 0.2) is 91.0 Å². The number of fused-ring (bicyclic) bond motifs is 1. The molecule has 0 atom stereocenters. The van der Waals surface area contributed by atoms with Crippen molar-refractivity contribution in [2.75, 3.05) is 15.5 Å². The molecule has 0 unspecified atom stereocenters. The number of benzene rings is 4. The van der Waals surface area contributed by atoms with E-state index in [1.165, 1.54) is 50.2 Å². The summed E-state index contributed by atoms with van der Waals surface area (Å²) >= 11 is 0. The SMILES string of the molecule is CC(=O)c1cccc(NC(=O)c2ccc3c(c2)C(=O)N(c2ccccc2C(=O)Nc2cccc(C(C)=O)c2)C3=O)c1. The van der Waals surface area contributed by atoms with E-state index < -0.39 is 23.6 Å². The van der Waals surface area contributed by atoms with Crippen molar-refractivity contribution in [3.8, 4) is 0 Å². The Balaban J connectivity index is 1.41. The van der Waals surface area contributed by atoms with Crippen molar-refractivity contribution >= 4 is 52.3 Å². The average molecular weight is 546 g/mol. The van der Waals surface area contributed by atoms with Gasteiger partial charge in [0.2, 0.25) is 0 Å². The molecule has 1 aliphatic heterocycles. The van der Waals surface area contributed by atoms with E-state index in [2.05, 4.69) is 10.6 Å². The zero-order valence-electron chi connectivity index (χ0n) is 22.1. The second-order valence-electron chi connectivity index (χ2n) is 9.41. The molecule has 4 aromatic rings. The molecule has 0 aromatic heterocycles. The predicted molar refractivity (Wildman–Crippen MR) is 153 cm³/mol. The largest absolute Gasteiger partial charge is 0.322 e. The molecule has 202 valence electrons. The van der Waals surface area contributed by atoms with Crippen LogP contribution in [0.2, 0.25) is 0 Å². The molecule has 0 radical (unpaired) electrons. The average Bonchev–Trinajstić information content (AvgIpc) is 3.21. The van der Waals surface area contributed by atoms with Gasteiger partial charge in [-0.15, -0.1) is 0 Å². The molecule has 1 heterocycles. The van der Waals surface area contributed by atoms with Gasteiger partial charge in [-0.2, -0.15) is 0 Å². The van der Waals surface area contributed by atoms with Crippen LogP contribution in [-0.4, -0.2) is 35.2 Å². The van der Waals surface area contributed by atoms with E-state index in [1.807, 2.05) is 0 Å². The number of anilines is 3. The van der Waals surface area contributed by atoms with Gasteiger partial charge in [-0.25, -0.2) is 4.90 Å². The smallest absolute Gasteiger partial charge is 0.266 e. The molecule has 9 nitrogen and oxygen atoms in total. The minimum absolute atomic E-state index is 0.0181. The predicted octanol–water partition coefficient (Wildman–Crippen LogP) is 5.40. The van der Waals surface area contributed by atoms with E-state index >= 15 is 0 Å². The zero-order valence-corrected chi connectivity index (χ0v) is 22.1. The van der Waals surface area contributed by atoms with Gasteiger partial charge in [0.1, 0.15) is 0 Å². The Kier molecular flexibility index (Phi) is 7.09. The molecule has 0 saturated carbocycles. The number of carbonyl (C=O) groups excluding carboxylic acids is 6. The van der Waals surface area contributed by atoms with Gasteiger partial charge in [-0.3, -0.25) is 28.8 Å². The van der Waals surface area contributed by atoms with Gasteiger partial charge in [0.05, 0.1) is 22.4 Å². The highest BCUT2D eigenvalue weighted by atomic mass is 16.2. The first kappa shape index (κ1) is 26.9. The van der Waals surface area contributed by atoms with Crippen LogP contribution in [0.25, 0.3) is 0 Å².